The van der Waals surface area contributed by atoms with E-state index < -0.39 is 5.97 Å². The molecular weight excluding hydrogens is 288 g/mol. The molecule has 0 saturated carbocycles. The number of aryl methyl sites for hydroxylation is 2. The summed E-state index contributed by atoms with van der Waals surface area (Å²) < 4.78 is 21.0. The summed E-state index contributed by atoms with van der Waals surface area (Å²) >= 11 is 0. The molecule has 0 bridgehead atoms. The number of ether oxygens (including phenoxy) is 4. The fraction of sp³-hybridized carbons (Fsp3) is 0.562. The number of carboxylic acid groups (broad SMARTS) is 1. The first-order chi connectivity index (χ1) is 10.6. The van der Waals surface area contributed by atoms with Crippen molar-refractivity contribution < 1.29 is 28.8 Å². The molecule has 6 nitrogen and oxygen atoms in total. The molecule has 22 heavy (non-hydrogen) atoms. The number of carbonyl (C=O) groups is 1. The summed E-state index contributed by atoms with van der Waals surface area (Å²) in [6, 6.07) is 3.41. The molecule has 0 aliphatic carbocycles. The van der Waals surface area contributed by atoms with E-state index in [1.165, 1.54) is 0 Å². The molecule has 0 fully saturated rings. The Morgan fingerprint density at radius 2 is 1.59 bits per heavy atom. The van der Waals surface area contributed by atoms with E-state index in [0.29, 0.717) is 38.8 Å². The summed E-state index contributed by atoms with van der Waals surface area (Å²) in [7, 11) is 1.62. The minimum Gasteiger partial charge on any atom is -0.545 e. The molecule has 6 heteroatoms. The van der Waals surface area contributed by atoms with E-state index in [0.717, 1.165) is 11.1 Å². The Hall–Kier alpha value is -1.63. The van der Waals surface area contributed by atoms with Gasteiger partial charge in [0.15, 0.2) is 0 Å². The van der Waals surface area contributed by atoms with Gasteiger partial charge in [0.05, 0.1) is 39.0 Å². The number of benzene rings is 1. The van der Waals surface area contributed by atoms with Crippen molar-refractivity contribution in [1.29, 1.82) is 0 Å². The van der Waals surface area contributed by atoms with Crippen molar-refractivity contribution in [3.8, 4) is 5.75 Å². The van der Waals surface area contributed by atoms with Gasteiger partial charge in [-0.05, 0) is 31.0 Å². The van der Waals surface area contributed by atoms with Crippen LogP contribution in [0.2, 0.25) is 0 Å². The number of carbonyl (C=O) groups excluding carboxylic acids is 1. The third-order valence-corrected chi connectivity index (χ3v) is 2.92. The van der Waals surface area contributed by atoms with Crippen LogP contribution >= 0.6 is 0 Å². The van der Waals surface area contributed by atoms with Crippen molar-refractivity contribution in [2.24, 2.45) is 0 Å². The van der Waals surface area contributed by atoms with Gasteiger partial charge >= 0.3 is 0 Å². The molecule has 124 valence electrons. The summed E-state index contributed by atoms with van der Waals surface area (Å²) in [5, 5.41) is 11.1. The fourth-order valence-electron chi connectivity index (χ4n) is 1.96. The lowest BCUT2D eigenvalue weighted by Gasteiger charge is -2.16. The highest BCUT2D eigenvalue weighted by atomic mass is 16.6. The number of hydrogen-bond donors (Lipinski definition) is 0. The molecule has 0 amide bonds. The Morgan fingerprint density at radius 1 is 1.00 bits per heavy atom. The highest BCUT2D eigenvalue weighted by Gasteiger charge is 2.09. The second-order valence-electron chi connectivity index (χ2n) is 4.81. The van der Waals surface area contributed by atoms with Gasteiger partial charge in [-0.1, -0.05) is 6.07 Å². The van der Waals surface area contributed by atoms with Crippen molar-refractivity contribution in [2.75, 3.05) is 46.8 Å². The standard InChI is InChI=1S/C16H24O6/c1-12-10-13(2)15(14(11-12)16(17)18)22-9-8-21-7-6-20-5-4-19-3/h10-11H,4-9H2,1-3H3,(H,17,18)/p-1. The van der Waals surface area contributed by atoms with Crippen molar-refractivity contribution in [2.45, 2.75) is 13.8 Å². The number of aromatic carboxylic acids is 1. The van der Waals surface area contributed by atoms with Gasteiger partial charge in [-0.15, -0.1) is 0 Å². The molecule has 1 aromatic rings. The van der Waals surface area contributed by atoms with Crippen LogP contribution in [0, 0.1) is 13.8 Å². The number of methoxy groups -OCH3 is 1. The van der Waals surface area contributed by atoms with E-state index in [2.05, 4.69) is 0 Å². The predicted octanol–water partition coefficient (Wildman–Crippen LogP) is 0.725. The first-order valence-corrected chi connectivity index (χ1v) is 7.16. The Kier molecular flexibility index (Phi) is 8.50. The highest BCUT2D eigenvalue weighted by molar-refractivity contribution is 5.90. The lowest BCUT2D eigenvalue weighted by Crippen LogP contribution is -2.24. The Morgan fingerprint density at radius 3 is 2.18 bits per heavy atom. The molecule has 0 heterocycles. The summed E-state index contributed by atoms with van der Waals surface area (Å²) in [5.41, 5.74) is 1.69. The van der Waals surface area contributed by atoms with Gasteiger partial charge in [0.1, 0.15) is 12.4 Å². The molecule has 1 rings (SSSR count). The van der Waals surface area contributed by atoms with Gasteiger partial charge in [-0.25, -0.2) is 0 Å². The van der Waals surface area contributed by atoms with Crippen molar-refractivity contribution >= 4 is 5.97 Å². The molecular formula is C16H23O6-. The molecule has 0 spiro atoms. The van der Waals surface area contributed by atoms with Crippen LogP contribution in [0.3, 0.4) is 0 Å². The van der Waals surface area contributed by atoms with Crippen LogP contribution in [-0.2, 0) is 14.2 Å². The van der Waals surface area contributed by atoms with Crippen LogP contribution in [0.15, 0.2) is 12.1 Å². The third kappa shape index (κ3) is 6.43. The van der Waals surface area contributed by atoms with E-state index in [-0.39, 0.29) is 12.2 Å². The molecule has 0 radical (unpaired) electrons. The first-order valence-electron chi connectivity index (χ1n) is 7.16. The normalized spacial score (nSPS) is 10.7. The summed E-state index contributed by atoms with van der Waals surface area (Å²) in [6.07, 6.45) is 0. The predicted molar refractivity (Wildman–Crippen MR) is 79.3 cm³/mol. The first kappa shape index (κ1) is 18.4. The average Bonchev–Trinajstić information content (AvgIpc) is 2.46. The maximum absolute atomic E-state index is 11.1. The lowest BCUT2D eigenvalue weighted by atomic mass is 10.1. The zero-order valence-corrected chi connectivity index (χ0v) is 13.3. The maximum atomic E-state index is 11.1. The van der Waals surface area contributed by atoms with Crippen LogP contribution in [0.5, 0.6) is 5.75 Å². The molecule has 1 aromatic carbocycles. The van der Waals surface area contributed by atoms with Gasteiger partial charge in [-0.3, -0.25) is 0 Å². The minimum absolute atomic E-state index is 0.0698. The van der Waals surface area contributed by atoms with Gasteiger partial charge in [0.2, 0.25) is 0 Å². The largest absolute Gasteiger partial charge is 0.545 e. The van der Waals surface area contributed by atoms with Gasteiger partial charge in [0, 0.05) is 12.7 Å². The number of rotatable bonds is 11. The monoisotopic (exact) mass is 311 g/mol. The smallest absolute Gasteiger partial charge is 0.131 e. The van der Waals surface area contributed by atoms with E-state index in [9.17, 15) is 9.90 Å². The third-order valence-electron chi connectivity index (χ3n) is 2.92. The van der Waals surface area contributed by atoms with E-state index in [1.807, 2.05) is 13.0 Å². The number of hydrogen-bond acceptors (Lipinski definition) is 6. The topological polar surface area (TPSA) is 77.0 Å². The fourth-order valence-corrected chi connectivity index (χ4v) is 1.96. The highest BCUT2D eigenvalue weighted by Crippen LogP contribution is 2.24. The molecule has 0 aliphatic rings. The zero-order valence-electron chi connectivity index (χ0n) is 13.3. The van der Waals surface area contributed by atoms with Crippen molar-refractivity contribution in [3.05, 3.63) is 28.8 Å². The zero-order chi connectivity index (χ0) is 16.4. The van der Waals surface area contributed by atoms with Crippen LogP contribution in [-0.4, -0.2) is 52.7 Å². The molecule has 0 N–H and O–H groups in total. The molecule has 0 atom stereocenters. The van der Waals surface area contributed by atoms with E-state index in [4.69, 9.17) is 18.9 Å². The van der Waals surface area contributed by atoms with Crippen LogP contribution in [0.4, 0.5) is 0 Å². The van der Waals surface area contributed by atoms with Crippen molar-refractivity contribution in [3.63, 3.8) is 0 Å². The SMILES string of the molecule is COCCOCCOCCOc1c(C)cc(C)cc1C(=O)[O-]. The van der Waals surface area contributed by atoms with Crippen LogP contribution in [0.1, 0.15) is 21.5 Å². The van der Waals surface area contributed by atoms with Crippen LogP contribution < -0.4 is 9.84 Å². The second kappa shape index (κ2) is 10.2. The van der Waals surface area contributed by atoms with Crippen LogP contribution in [0.25, 0.3) is 0 Å². The average molecular weight is 311 g/mol. The Bertz CT molecular complexity index is 472. The minimum atomic E-state index is -1.24. The maximum Gasteiger partial charge on any atom is 0.131 e. The second-order valence-corrected chi connectivity index (χ2v) is 4.81. The van der Waals surface area contributed by atoms with Gasteiger partial charge in [-0.2, -0.15) is 0 Å². The summed E-state index contributed by atoms with van der Waals surface area (Å²) in [6.45, 7) is 6.28. The van der Waals surface area contributed by atoms with Gasteiger partial charge in [0.25, 0.3) is 0 Å². The van der Waals surface area contributed by atoms with Crippen molar-refractivity contribution in [1.82, 2.24) is 0 Å². The van der Waals surface area contributed by atoms with E-state index >= 15 is 0 Å². The summed E-state index contributed by atoms with van der Waals surface area (Å²) in [4.78, 5) is 11.1. The molecule has 0 unspecified atom stereocenters. The molecule has 0 aliphatic heterocycles. The van der Waals surface area contributed by atoms with E-state index in [1.54, 1.807) is 20.1 Å². The molecule has 0 aromatic heterocycles. The number of carboxylic acids is 1. The lowest BCUT2D eigenvalue weighted by molar-refractivity contribution is -0.255. The Labute approximate surface area is 130 Å². The molecule has 0 saturated heterocycles. The Balaban J connectivity index is 2.32. The quantitative estimate of drug-likeness (QED) is 0.561. The van der Waals surface area contributed by atoms with Gasteiger partial charge < -0.3 is 28.8 Å². The summed E-state index contributed by atoms with van der Waals surface area (Å²) in [5.74, 6) is -0.903.